The van der Waals surface area contributed by atoms with Gasteiger partial charge in [0, 0.05) is 17.8 Å². The molecule has 0 spiro atoms. The molecule has 0 aliphatic carbocycles. The number of nitrogens with one attached hydrogen (secondary N) is 2. The molecule has 0 fully saturated rings. The highest BCUT2D eigenvalue weighted by Crippen LogP contribution is 2.28. The van der Waals surface area contributed by atoms with Crippen LogP contribution in [0.4, 0.5) is 5.69 Å². The summed E-state index contributed by atoms with van der Waals surface area (Å²) in [6.45, 7) is 5.92. The molecule has 1 aromatic carbocycles. The zero-order valence-corrected chi connectivity index (χ0v) is 11.8. The third-order valence-corrected chi connectivity index (χ3v) is 4.87. The monoisotopic (exact) mass is 268 g/mol. The third-order valence-electron chi connectivity index (χ3n) is 3.28. The number of fused-ring (bicyclic) bond motifs is 1. The Labute approximate surface area is 109 Å². The molecule has 2 N–H and O–H groups in total. The van der Waals surface area contributed by atoms with E-state index in [4.69, 9.17) is 0 Å². The van der Waals surface area contributed by atoms with Gasteiger partial charge in [0.05, 0.1) is 4.90 Å². The number of benzene rings is 1. The summed E-state index contributed by atoms with van der Waals surface area (Å²) in [7, 11) is -3.39. The number of rotatable bonds is 4. The Morgan fingerprint density at radius 2 is 2.22 bits per heavy atom. The van der Waals surface area contributed by atoms with Crippen molar-refractivity contribution in [2.45, 2.75) is 50.6 Å². The molecular weight excluding hydrogens is 248 g/mol. The van der Waals surface area contributed by atoms with E-state index < -0.39 is 10.0 Å². The van der Waals surface area contributed by atoms with Crippen LogP contribution in [0.25, 0.3) is 0 Å². The molecule has 100 valence electrons. The molecule has 5 heteroatoms. The molecule has 0 saturated carbocycles. The number of anilines is 1. The van der Waals surface area contributed by atoms with Crippen molar-refractivity contribution in [3.05, 3.63) is 23.8 Å². The standard InChI is InChI=1S/C13H20N2O2S/c1-4-9(2)15-18(16,17)12-5-6-13-11(8-12)7-10(3)14-13/h5-6,8-10,14-15H,4,7H2,1-3H3/t9-,10+/m0/s1. The summed E-state index contributed by atoms with van der Waals surface area (Å²) in [5, 5.41) is 3.31. The van der Waals surface area contributed by atoms with E-state index in [1.165, 1.54) is 0 Å². The summed E-state index contributed by atoms with van der Waals surface area (Å²) in [4.78, 5) is 0.359. The predicted molar refractivity (Wildman–Crippen MR) is 73.3 cm³/mol. The van der Waals surface area contributed by atoms with Gasteiger partial charge in [0.2, 0.25) is 10.0 Å². The van der Waals surface area contributed by atoms with Gasteiger partial charge in [0.15, 0.2) is 0 Å². The predicted octanol–water partition coefficient (Wildman–Crippen LogP) is 2.12. The Balaban J connectivity index is 2.27. The maximum absolute atomic E-state index is 12.2. The van der Waals surface area contributed by atoms with Crippen molar-refractivity contribution in [1.82, 2.24) is 4.72 Å². The Morgan fingerprint density at radius 3 is 2.89 bits per heavy atom. The van der Waals surface area contributed by atoms with Crippen molar-refractivity contribution in [1.29, 1.82) is 0 Å². The maximum atomic E-state index is 12.2. The van der Waals surface area contributed by atoms with Gasteiger partial charge >= 0.3 is 0 Å². The molecule has 0 saturated heterocycles. The van der Waals surface area contributed by atoms with Crippen molar-refractivity contribution in [2.75, 3.05) is 5.32 Å². The molecular formula is C13H20N2O2S. The average molecular weight is 268 g/mol. The van der Waals surface area contributed by atoms with Crippen LogP contribution >= 0.6 is 0 Å². The molecule has 18 heavy (non-hydrogen) atoms. The zero-order chi connectivity index (χ0) is 13.3. The van der Waals surface area contributed by atoms with Crippen LogP contribution in [-0.2, 0) is 16.4 Å². The molecule has 2 rings (SSSR count). The summed E-state index contributed by atoms with van der Waals surface area (Å²) in [5.74, 6) is 0. The molecule has 0 aromatic heterocycles. The summed E-state index contributed by atoms with van der Waals surface area (Å²) >= 11 is 0. The van der Waals surface area contributed by atoms with E-state index in [0.717, 1.165) is 24.1 Å². The topological polar surface area (TPSA) is 58.2 Å². The zero-order valence-electron chi connectivity index (χ0n) is 11.0. The summed E-state index contributed by atoms with van der Waals surface area (Å²) < 4.78 is 27.0. The van der Waals surface area contributed by atoms with E-state index in [0.29, 0.717) is 10.9 Å². The van der Waals surface area contributed by atoms with Gasteiger partial charge in [-0.3, -0.25) is 0 Å². The fourth-order valence-corrected chi connectivity index (χ4v) is 3.49. The molecule has 0 unspecified atom stereocenters. The number of sulfonamides is 1. The van der Waals surface area contributed by atoms with E-state index in [1.807, 2.05) is 19.9 Å². The van der Waals surface area contributed by atoms with Gasteiger partial charge in [0.25, 0.3) is 0 Å². The maximum Gasteiger partial charge on any atom is 0.240 e. The highest BCUT2D eigenvalue weighted by molar-refractivity contribution is 7.89. The van der Waals surface area contributed by atoms with E-state index in [2.05, 4.69) is 17.0 Å². The second-order valence-electron chi connectivity index (χ2n) is 5.00. The van der Waals surface area contributed by atoms with Crippen LogP contribution in [0.1, 0.15) is 32.8 Å². The minimum absolute atomic E-state index is 0.0414. The lowest BCUT2D eigenvalue weighted by molar-refractivity contribution is 0.556. The lowest BCUT2D eigenvalue weighted by Crippen LogP contribution is -2.32. The third kappa shape index (κ3) is 2.67. The first kappa shape index (κ1) is 13.4. The minimum atomic E-state index is -3.39. The molecule has 0 bridgehead atoms. The first-order valence-electron chi connectivity index (χ1n) is 6.34. The highest BCUT2D eigenvalue weighted by Gasteiger charge is 2.21. The minimum Gasteiger partial charge on any atom is -0.382 e. The van der Waals surface area contributed by atoms with Crippen LogP contribution < -0.4 is 10.0 Å². The molecule has 1 aliphatic rings. The fourth-order valence-electron chi connectivity index (χ4n) is 2.11. The van der Waals surface area contributed by atoms with Gasteiger partial charge < -0.3 is 5.32 Å². The van der Waals surface area contributed by atoms with Gasteiger partial charge in [-0.05, 0) is 50.5 Å². The van der Waals surface area contributed by atoms with Gasteiger partial charge in [-0.1, -0.05) is 6.92 Å². The van der Waals surface area contributed by atoms with Gasteiger partial charge in [-0.25, -0.2) is 13.1 Å². The molecule has 1 aliphatic heterocycles. The average Bonchev–Trinajstić information content (AvgIpc) is 2.67. The van der Waals surface area contributed by atoms with Crippen LogP contribution in [0.2, 0.25) is 0 Å². The Hall–Kier alpha value is -1.07. The molecule has 1 aromatic rings. The lowest BCUT2D eigenvalue weighted by atomic mass is 10.1. The van der Waals surface area contributed by atoms with Crippen LogP contribution in [-0.4, -0.2) is 20.5 Å². The van der Waals surface area contributed by atoms with E-state index in [9.17, 15) is 8.42 Å². The van der Waals surface area contributed by atoms with Crippen molar-refractivity contribution >= 4 is 15.7 Å². The van der Waals surface area contributed by atoms with Gasteiger partial charge in [-0.2, -0.15) is 0 Å². The van der Waals surface area contributed by atoms with Crippen molar-refractivity contribution in [2.24, 2.45) is 0 Å². The van der Waals surface area contributed by atoms with E-state index in [1.54, 1.807) is 12.1 Å². The Kier molecular flexibility index (Phi) is 3.64. The molecule has 1 heterocycles. The first-order valence-corrected chi connectivity index (χ1v) is 7.82. The van der Waals surface area contributed by atoms with Crippen molar-refractivity contribution < 1.29 is 8.42 Å². The summed E-state index contributed by atoms with van der Waals surface area (Å²) in [6.07, 6.45) is 1.66. The van der Waals surface area contributed by atoms with E-state index >= 15 is 0 Å². The number of hydrogen-bond acceptors (Lipinski definition) is 3. The van der Waals surface area contributed by atoms with Crippen molar-refractivity contribution in [3.63, 3.8) is 0 Å². The molecule has 4 nitrogen and oxygen atoms in total. The molecule has 0 radical (unpaired) electrons. The summed E-state index contributed by atoms with van der Waals surface area (Å²) in [5.41, 5.74) is 2.12. The summed E-state index contributed by atoms with van der Waals surface area (Å²) in [6, 6.07) is 5.62. The van der Waals surface area contributed by atoms with Crippen LogP contribution in [0.15, 0.2) is 23.1 Å². The van der Waals surface area contributed by atoms with Crippen LogP contribution in [0.3, 0.4) is 0 Å². The quantitative estimate of drug-likeness (QED) is 0.879. The van der Waals surface area contributed by atoms with E-state index in [-0.39, 0.29) is 6.04 Å². The Bertz CT molecular complexity index is 540. The molecule has 0 amide bonds. The lowest BCUT2D eigenvalue weighted by Gasteiger charge is -2.12. The second kappa shape index (κ2) is 4.90. The normalized spacial score (nSPS) is 20.3. The van der Waals surface area contributed by atoms with Gasteiger partial charge in [-0.15, -0.1) is 0 Å². The molecule has 2 atom stereocenters. The van der Waals surface area contributed by atoms with Crippen LogP contribution in [0, 0.1) is 0 Å². The van der Waals surface area contributed by atoms with Gasteiger partial charge in [0.1, 0.15) is 0 Å². The smallest absolute Gasteiger partial charge is 0.240 e. The Morgan fingerprint density at radius 1 is 1.50 bits per heavy atom. The second-order valence-corrected chi connectivity index (χ2v) is 6.71. The fraction of sp³-hybridized carbons (Fsp3) is 0.538. The highest BCUT2D eigenvalue weighted by atomic mass is 32.2. The SMILES string of the molecule is CC[C@H](C)NS(=O)(=O)c1ccc2c(c1)C[C@@H](C)N2. The first-order chi connectivity index (χ1) is 8.42. The number of hydrogen-bond donors (Lipinski definition) is 2. The largest absolute Gasteiger partial charge is 0.382 e. The van der Waals surface area contributed by atoms with Crippen molar-refractivity contribution in [3.8, 4) is 0 Å². The van der Waals surface area contributed by atoms with Crippen LogP contribution in [0.5, 0.6) is 0 Å².